The van der Waals surface area contributed by atoms with Crippen molar-refractivity contribution in [1.29, 1.82) is 0 Å². The maximum atomic E-state index is 9.29. The number of hydrogen-bond donors (Lipinski definition) is 1. The molecule has 22 heavy (non-hydrogen) atoms. The molecule has 0 amide bonds. The molecule has 0 aromatic carbocycles. The minimum atomic E-state index is 0.395. The SMILES string of the molecule is OCC1CCN([C@@H]2CCCN(CCCC3CCCC3)C2)CC1. The van der Waals surface area contributed by atoms with E-state index in [0.29, 0.717) is 12.5 Å². The Kier molecular flexibility index (Phi) is 6.58. The molecule has 3 nitrogen and oxygen atoms in total. The first kappa shape index (κ1) is 16.7. The van der Waals surface area contributed by atoms with E-state index in [1.54, 1.807) is 0 Å². The minimum absolute atomic E-state index is 0.395. The van der Waals surface area contributed by atoms with E-state index in [9.17, 15) is 5.11 Å². The largest absolute Gasteiger partial charge is 0.396 e. The summed E-state index contributed by atoms with van der Waals surface area (Å²) < 4.78 is 0. The van der Waals surface area contributed by atoms with Gasteiger partial charge in [-0.25, -0.2) is 0 Å². The van der Waals surface area contributed by atoms with Crippen molar-refractivity contribution in [3.8, 4) is 0 Å². The predicted molar refractivity (Wildman–Crippen MR) is 92.0 cm³/mol. The minimum Gasteiger partial charge on any atom is -0.396 e. The second-order valence-electron chi connectivity index (χ2n) is 8.05. The predicted octanol–water partition coefficient (Wildman–Crippen LogP) is 3.13. The van der Waals surface area contributed by atoms with E-state index in [4.69, 9.17) is 0 Å². The molecular formula is C19H36N2O. The van der Waals surface area contributed by atoms with Crippen molar-refractivity contribution in [2.24, 2.45) is 11.8 Å². The molecule has 3 aliphatic rings. The fourth-order valence-corrected chi connectivity index (χ4v) is 4.94. The summed E-state index contributed by atoms with van der Waals surface area (Å²) in [5, 5.41) is 9.29. The lowest BCUT2D eigenvalue weighted by atomic mass is 9.94. The third-order valence-corrected chi connectivity index (χ3v) is 6.47. The van der Waals surface area contributed by atoms with Crippen LogP contribution in [0.4, 0.5) is 0 Å². The van der Waals surface area contributed by atoms with Gasteiger partial charge >= 0.3 is 0 Å². The topological polar surface area (TPSA) is 26.7 Å². The van der Waals surface area contributed by atoms with Crippen LogP contribution in [0, 0.1) is 11.8 Å². The van der Waals surface area contributed by atoms with Crippen LogP contribution in [0.15, 0.2) is 0 Å². The molecule has 128 valence electrons. The van der Waals surface area contributed by atoms with Gasteiger partial charge < -0.3 is 10.0 Å². The maximum absolute atomic E-state index is 9.29. The van der Waals surface area contributed by atoms with Crippen molar-refractivity contribution in [3.05, 3.63) is 0 Å². The summed E-state index contributed by atoms with van der Waals surface area (Å²) in [7, 11) is 0. The average molecular weight is 309 g/mol. The Hall–Kier alpha value is -0.120. The number of rotatable bonds is 6. The average Bonchev–Trinajstić information content (AvgIpc) is 3.09. The van der Waals surface area contributed by atoms with Gasteiger partial charge in [-0.05, 0) is 76.5 Å². The van der Waals surface area contributed by atoms with Crippen LogP contribution >= 0.6 is 0 Å². The zero-order chi connectivity index (χ0) is 15.2. The van der Waals surface area contributed by atoms with Gasteiger partial charge in [0.15, 0.2) is 0 Å². The van der Waals surface area contributed by atoms with Crippen molar-refractivity contribution in [3.63, 3.8) is 0 Å². The van der Waals surface area contributed by atoms with E-state index < -0.39 is 0 Å². The van der Waals surface area contributed by atoms with Gasteiger partial charge in [-0.2, -0.15) is 0 Å². The van der Waals surface area contributed by atoms with Gasteiger partial charge in [0.05, 0.1) is 0 Å². The van der Waals surface area contributed by atoms with Crippen LogP contribution in [0.3, 0.4) is 0 Å². The molecule has 3 fully saturated rings. The van der Waals surface area contributed by atoms with E-state index in [0.717, 1.165) is 12.0 Å². The molecule has 0 aromatic heterocycles. The number of likely N-dealkylation sites (tertiary alicyclic amines) is 2. The molecule has 0 radical (unpaired) electrons. The smallest absolute Gasteiger partial charge is 0.0460 e. The van der Waals surface area contributed by atoms with E-state index >= 15 is 0 Å². The number of aliphatic hydroxyl groups is 1. The molecular weight excluding hydrogens is 272 g/mol. The Balaban J connectivity index is 1.36. The number of hydrogen-bond acceptors (Lipinski definition) is 3. The van der Waals surface area contributed by atoms with Gasteiger partial charge in [0.2, 0.25) is 0 Å². The van der Waals surface area contributed by atoms with Crippen molar-refractivity contribution in [2.75, 3.05) is 39.3 Å². The molecule has 3 heteroatoms. The van der Waals surface area contributed by atoms with E-state index in [-0.39, 0.29) is 0 Å². The number of aliphatic hydroxyl groups excluding tert-OH is 1. The summed E-state index contributed by atoms with van der Waals surface area (Å²) in [6, 6.07) is 0.792. The fraction of sp³-hybridized carbons (Fsp3) is 1.00. The molecule has 0 bridgehead atoms. The van der Waals surface area contributed by atoms with Crippen LogP contribution in [-0.2, 0) is 0 Å². The Morgan fingerprint density at radius 1 is 0.818 bits per heavy atom. The fourth-order valence-electron chi connectivity index (χ4n) is 4.94. The Bertz CT molecular complexity index is 309. The third kappa shape index (κ3) is 4.69. The molecule has 2 saturated heterocycles. The molecule has 1 N–H and O–H groups in total. The summed E-state index contributed by atoms with van der Waals surface area (Å²) in [5.41, 5.74) is 0. The monoisotopic (exact) mass is 308 g/mol. The molecule has 3 rings (SSSR count). The lowest BCUT2D eigenvalue weighted by Gasteiger charge is -2.42. The van der Waals surface area contributed by atoms with E-state index in [1.165, 1.54) is 96.9 Å². The molecule has 0 unspecified atom stereocenters. The molecule has 2 aliphatic heterocycles. The highest BCUT2D eigenvalue weighted by molar-refractivity contribution is 4.84. The van der Waals surface area contributed by atoms with E-state index in [1.807, 2.05) is 0 Å². The van der Waals surface area contributed by atoms with Crippen LogP contribution < -0.4 is 0 Å². The number of piperidine rings is 2. The third-order valence-electron chi connectivity index (χ3n) is 6.47. The van der Waals surface area contributed by atoms with E-state index in [2.05, 4.69) is 9.80 Å². The Morgan fingerprint density at radius 3 is 2.32 bits per heavy atom. The molecule has 2 heterocycles. The van der Waals surface area contributed by atoms with Crippen LogP contribution in [0.5, 0.6) is 0 Å². The first-order valence-corrected chi connectivity index (χ1v) is 9.92. The second-order valence-corrected chi connectivity index (χ2v) is 8.05. The summed E-state index contributed by atoms with van der Waals surface area (Å²) in [6.07, 6.45) is 14.1. The van der Waals surface area contributed by atoms with Crippen LogP contribution in [-0.4, -0.2) is 60.3 Å². The molecule has 1 atom stereocenters. The van der Waals surface area contributed by atoms with Crippen molar-refractivity contribution in [2.45, 2.75) is 70.3 Å². The van der Waals surface area contributed by atoms with Gasteiger partial charge in [-0.1, -0.05) is 25.7 Å². The normalized spacial score (nSPS) is 30.1. The summed E-state index contributed by atoms with van der Waals surface area (Å²) in [4.78, 5) is 5.45. The maximum Gasteiger partial charge on any atom is 0.0460 e. The number of nitrogens with zero attached hydrogens (tertiary/aromatic N) is 2. The van der Waals surface area contributed by atoms with Crippen molar-refractivity contribution >= 4 is 0 Å². The van der Waals surface area contributed by atoms with Crippen LogP contribution in [0.25, 0.3) is 0 Å². The quantitative estimate of drug-likeness (QED) is 0.816. The Labute approximate surface area is 137 Å². The summed E-state index contributed by atoms with van der Waals surface area (Å²) in [6.45, 7) is 6.78. The van der Waals surface area contributed by atoms with Gasteiger partial charge in [0, 0.05) is 19.2 Å². The molecule has 0 aromatic rings. The van der Waals surface area contributed by atoms with Crippen LogP contribution in [0.2, 0.25) is 0 Å². The lowest BCUT2D eigenvalue weighted by Crippen LogP contribution is -2.50. The molecule has 1 aliphatic carbocycles. The van der Waals surface area contributed by atoms with Gasteiger partial charge in [0.1, 0.15) is 0 Å². The molecule has 1 saturated carbocycles. The van der Waals surface area contributed by atoms with Crippen LogP contribution in [0.1, 0.15) is 64.2 Å². The zero-order valence-electron chi connectivity index (χ0n) is 14.4. The zero-order valence-corrected chi connectivity index (χ0v) is 14.4. The van der Waals surface area contributed by atoms with Crippen molar-refractivity contribution < 1.29 is 5.11 Å². The first-order valence-electron chi connectivity index (χ1n) is 9.92. The summed E-state index contributed by atoms with van der Waals surface area (Å²) in [5.74, 6) is 1.63. The summed E-state index contributed by atoms with van der Waals surface area (Å²) >= 11 is 0. The highest BCUT2D eigenvalue weighted by Crippen LogP contribution is 2.29. The Morgan fingerprint density at radius 2 is 1.59 bits per heavy atom. The molecule has 0 spiro atoms. The van der Waals surface area contributed by atoms with Crippen molar-refractivity contribution in [1.82, 2.24) is 9.80 Å². The van der Waals surface area contributed by atoms with Gasteiger partial charge in [-0.15, -0.1) is 0 Å². The first-order chi connectivity index (χ1) is 10.8. The lowest BCUT2D eigenvalue weighted by molar-refractivity contribution is 0.0559. The second kappa shape index (κ2) is 8.65. The standard InChI is InChI=1S/C19H36N2O/c22-16-18-9-13-21(14-10-18)19-8-4-12-20(15-19)11-3-7-17-5-1-2-6-17/h17-19,22H,1-16H2/t19-/m1/s1. The highest BCUT2D eigenvalue weighted by atomic mass is 16.3. The van der Waals surface area contributed by atoms with Gasteiger partial charge in [-0.3, -0.25) is 4.90 Å². The highest BCUT2D eigenvalue weighted by Gasteiger charge is 2.28. The van der Waals surface area contributed by atoms with Gasteiger partial charge in [0.25, 0.3) is 0 Å².